The van der Waals surface area contributed by atoms with Gasteiger partial charge in [-0.25, -0.2) is 0 Å². The summed E-state index contributed by atoms with van der Waals surface area (Å²) in [5.41, 5.74) is 3.20. The van der Waals surface area contributed by atoms with Gasteiger partial charge in [-0.05, 0) is 43.8 Å². The van der Waals surface area contributed by atoms with E-state index in [-0.39, 0.29) is 0 Å². The van der Waals surface area contributed by atoms with Crippen molar-refractivity contribution in [1.29, 1.82) is 5.26 Å². The molecule has 0 aliphatic carbocycles. The van der Waals surface area contributed by atoms with E-state index in [1.165, 1.54) is 5.69 Å². The van der Waals surface area contributed by atoms with Crippen molar-refractivity contribution in [2.24, 2.45) is 0 Å². The van der Waals surface area contributed by atoms with E-state index in [2.05, 4.69) is 59.0 Å². The highest BCUT2D eigenvalue weighted by Gasteiger charge is 2.14. The minimum atomic E-state index is 0.807. The molecule has 5 heteroatoms. The summed E-state index contributed by atoms with van der Waals surface area (Å²) in [5, 5.41) is 12.9. The Morgan fingerprint density at radius 3 is 2.40 bits per heavy atom. The molecule has 0 amide bonds. The third-order valence-corrected chi connectivity index (χ3v) is 5.14. The second-order valence-electron chi connectivity index (χ2n) is 6.59. The van der Waals surface area contributed by atoms with Crippen LogP contribution in [-0.4, -0.2) is 68.7 Å². The maximum Gasteiger partial charge on any atom is 0.0995 e. The van der Waals surface area contributed by atoms with Crippen molar-refractivity contribution < 1.29 is 0 Å². The first-order chi connectivity index (χ1) is 12.2. The monoisotopic (exact) mass is 343 g/mol. The quantitative estimate of drug-likeness (QED) is 0.744. The Morgan fingerprint density at radius 1 is 1.08 bits per heavy atom. The van der Waals surface area contributed by atoms with Crippen LogP contribution in [0.5, 0.6) is 0 Å². The number of anilines is 1. The Morgan fingerprint density at radius 2 is 1.80 bits per heavy atom. The summed E-state index contributed by atoms with van der Waals surface area (Å²) in [6.07, 6.45) is 0. The Balaban J connectivity index is 2.10. The van der Waals surface area contributed by atoms with E-state index >= 15 is 0 Å². The van der Waals surface area contributed by atoms with Gasteiger partial charge >= 0.3 is 0 Å². The van der Waals surface area contributed by atoms with Gasteiger partial charge in [0.2, 0.25) is 0 Å². The third kappa shape index (κ3) is 5.71. The Kier molecular flexibility index (Phi) is 8.20. The molecule has 1 aromatic rings. The largest absolute Gasteiger partial charge is 0.371 e. The molecule has 2 rings (SSSR count). The third-order valence-electron chi connectivity index (χ3n) is 5.14. The van der Waals surface area contributed by atoms with Crippen LogP contribution in [-0.2, 0) is 6.54 Å². The molecule has 0 radical (unpaired) electrons. The molecule has 25 heavy (non-hydrogen) atoms. The lowest BCUT2D eigenvalue weighted by Crippen LogP contribution is -2.43. The van der Waals surface area contributed by atoms with Gasteiger partial charge in [0.05, 0.1) is 11.6 Å². The van der Waals surface area contributed by atoms with Crippen LogP contribution in [0.3, 0.4) is 0 Å². The summed E-state index contributed by atoms with van der Waals surface area (Å²) in [5.74, 6) is 0. The molecule has 0 atom stereocenters. The molecule has 0 bridgehead atoms. The molecule has 1 aromatic carbocycles. The molecule has 1 saturated heterocycles. The van der Waals surface area contributed by atoms with Crippen LogP contribution >= 0.6 is 0 Å². The van der Waals surface area contributed by atoms with Crippen molar-refractivity contribution in [2.45, 2.75) is 27.3 Å². The molecule has 1 N–H and O–H groups in total. The van der Waals surface area contributed by atoms with E-state index in [0.717, 1.165) is 76.6 Å². The standard InChI is InChI=1S/C20H33N5/c1-4-23(5-2)13-14-25(6-3)20-8-7-18(16-21)19(15-20)17-24-11-9-22-10-12-24/h7-8,15,22H,4-6,9-14,17H2,1-3H3. The average molecular weight is 344 g/mol. The van der Waals surface area contributed by atoms with E-state index in [4.69, 9.17) is 0 Å². The number of benzene rings is 1. The summed E-state index contributed by atoms with van der Waals surface area (Å²) in [7, 11) is 0. The molecule has 0 saturated carbocycles. The number of rotatable bonds is 9. The molecule has 1 heterocycles. The predicted molar refractivity (Wildman–Crippen MR) is 105 cm³/mol. The van der Waals surface area contributed by atoms with Crippen molar-refractivity contribution in [1.82, 2.24) is 15.1 Å². The topological polar surface area (TPSA) is 45.5 Å². The van der Waals surface area contributed by atoms with Crippen LogP contribution in [0.1, 0.15) is 31.9 Å². The van der Waals surface area contributed by atoms with Gasteiger partial charge in [0.15, 0.2) is 0 Å². The molecule has 138 valence electrons. The number of nitriles is 1. The van der Waals surface area contributed by atoms with Crippen molar-refractivity contribution in [3.8, 4) is 6.07 Å². The first kappa shape index (κ1) is 19.7. The fraction of sp³-hybridized carbons (Fsp3) is 0.650. The maximum atomic E-state index is 9.47. The lowest BCUT2D eigenvalue weighted by atomic mass is 10.1. The summed E-state index contributed by atoms with van der Waals surface area (Å²) >= 11 is 0. The van der Waals surface area contributed by atoms with Gasteiger partial charge in [-0.1, -0.05) is 13.8 Å². The van der Waals surface area contributed by atoms with E-state index in [9.17, 15) is 5.26 Å². The van der Waals surface area contributed by atoms with Gasteiger partial charge in [-0.3, -0.25) is 4.90 Å². The van der Waals surface area contributed by atoms with Crippen LogP contribution < -0.4 is 10.2 Å². The molecule has 1 aliphatic rings. The SMILES string of the molecule is CCN(CC)CCN(CC)c1ccc(C#N)c(CN2CCNCC2)c1. The number of piperazine rings is 1. The molecular formula is C20H33N5. The second kappa shape index (κ2) is 10.4. The van der Waals surface area contributed by atoms with E-state index in [0.29, 0.717) is 0 Å². The van der Waals surface area contributed by atoms with Crippen molar-refractivity contribution in [3.05, 3.63) is 29.3 Å². The molecule has 0 spiro atoms. The van der Waals surface area contributed by atoms with Gasteiger partial charge in [0, 0.05) is 58.0 Å². The fourth-order valence-electron chi connectivity index (χ4n) is 3.40. The second-order valence-corrected chi connectivity index (χ2v) is 6.59. The van der Waals surface area contributed by atoms with Crippen LogP contribution in [0, 0.1) is 11.3 Å². The summed E-state index contributed by atoms with van der Waals surface area (Å²) in [6.45, 7) is 16.9. The Bertz CT molecular complexity index is 556. The lowest BCUT2D eigenvalue weighted by molar-refractivity contribution is 0.233. The Labute approximate surface area is 153 Å². The highest BCUT2D eigenvalue weighted by atomic mass is 15.2. The van der Waals surface area contributed by atoms with E-state index < -0.39 is 0 Å². The average Bonchev–Trinajstić information content (AvgIpc) is 2.66. The van der Waals surface area contributed by atoms with Gasteiger partial charge in [0.25, 0.3) is 0 Å². The van der Waals surface area contributed by atoms with Gasteiger partial charge < -0.3 is 15.1 Å². The number of nitrogens with zero attached hydrogens (tertiary/aromatic N) is 4. The first-order valence-corrected chi connectivity index (χ1v) is 9.65. The van der Waals surface area contributed by atoms with Crippen LogP contribution in [0.15, 0.2) is 18.2 Å². The maximum absolute atomic E-state index is 9.47. The van der Waals surface area contributed by atoms with Crippen LogP contribution in [0.4, 0.5) is 5.69 Å². The molecule has 5 nitrogen and oxygen atoms in total. The molecule has 1 aliphatic heterocycles. The molecule has 0 unspecified atom stereocenters. The summed E-state index contributed by atoms with van der Waals surface area (Å²) < 4.78 is 0. The predicted octanol–water partition coefficient (Wildman–Crippen LogP) is 2.13. The molecular weight excluding hydrogens is 310 g/mol. The highest BCUT2D eigenvalue weighted by Crippen LogP contribution is 2.21. The van der Waals surface area contributed by atoms with E-state index in [1.54, 1.807) is 0 Å². The highest BCUT2D eigenvalue weighted by molar-refractivity contribution is 5.54. The van der Waals surface area contributed by atoms with Gasteiger partial charge in [0.1, 0.15) is 0 Å². The minimum absolute atomic E-state index is 0.807. The zero-order valence-electron chi connectivity index (χ0n) is 16.1. The zero-order valence-corrected chi connectivity index (χ0v) is 16.1. The van der Waals surface area contributed by atoms with Crippen LogP contribution in [0.25, 0.3) is 0 Å². The van der Waals surface area contributed by atoms with Gasteiger partial charge in [-0.15, -0.1) is 0 Å². The lowest BCUT2D eigenvalue weighted by Gasteiger charge is -2.29. The van der Waals surface area contributed by atoms with E-state index in [1.807, 2.05) is 6.07 Å². The van der Waals surface area contributed by atoms with Crippen LogP contribution in [0.2, 0.25) is 0 Å². The zero-order chi connectivity index (χ0) is 18.1. The summed E-state index contributed by atoms with van der Waals surface area (Å²) in [4.78, 5) is 7.30. The number of hydrogen-bond acceptors (Lipinski definition) is 5. The number of likely N-dealkylation sites (N-methyl/N-ethyl adjacent to an activating group) is 2. The number of nitrogens with one attached hydrogen (secondary N) is 1. The Hall–Kier alpha value is -1.61. The molecule has 0 aromatic heterocycles. The van der Waals surface area contributed by atoms with Crippen molar-refractivity contribution >= 4 is 5.69 Å². The summed E-state index contributed by atoms with van der Waals surface area (Å²) in [6, 6.07) is 8.69. The molecule has 1 fully saturated rings. The normalized spacial score (nSPS) is 15.3. The fourth-order valence-corrected chi connectivity index (χ4v) is 3.40. The minimum Gasteiger partial charge on any atom is -0.371 e. The number of hydrogen-bond donors (Lipinski definition) is 1. The van der Waals surface area contributed by atoms with Crippen molar-refractivity contribution in [2.75, 3.05) is 63.8 Å². The first-order valence-electron chi connectivity index (χ1n) is 9.65. The van der Waals surface area contributed by atoms with Crippen molar-refractivity contribution in [3.63, 3.8) is 0 Å². The van der Waals surface area contributed by atoms with Gasteiger partial charge in [-0.2, -0.15) is 5.26 Å². The smallest absolute Gasteiger partial charge is 0.0995 e.